The fourth-order valence-electron chi connectivity index (χ4n) is 3.29. The molecule has 3 atom stereocenters. The lowest BCUT2D eigenvalue weighted by Crippen LogP contribution is -2.32. The summed E-state index contributed by atoms with van der Waals surface area (Å²) in [5.41, 5.74) is 5.55. The summed E-state index contributed by atoms with van der Waals surface area (Å²) < 4.78 is 4.40. The molecule has 3 unspecified atom stereocenters. The first-order valence-corrected chi connectivity index (χ1v) is 6.10. The molecule has 1 amide bonds. The molecule has 6 heteroatoms. The van der Waals surface area contributed by atoms with Crippen molar-refractivity contribution < 1.29 is 9.42 Å². The molecular formula is C11H16N4O2. The number of rotatable bonds is 3. The number of carbonyl (C=O) groups is 1. The zero-order chi connectivity index (χ0) is 11.8. The van der Waals surface area contributed by atoms with Crippen molar-refractivity contribution in [2.24, 2.45) is 17.8 Å². The minimum Gasteiger partial charge on any atom is -0.379 e. The maximum Gasteiger partial charge on any atom is 0.277 e. The van der Waals surface area contributed by atoms with E-state index in [0.29, 0.717) is 12.5 Å². The van der Waals surface area contributed by atoms with Gasteiger partial charge in [-0.1, -0.05) is 6.42 Å². The molecule has 0 saturated heterocycles. The fourth-order valence-corrected chi connectivity index (χ4v) is 3.29. The second kappa shape index (κ2) is 4.01. The quantitative estimate of drug-likeness (QED) is 0.810. The molecule has 2 aliphatic rings. The summed E-state index contributed by atoms with van der Waals surface area (Å²) in [6.07, 6.45) is 5.28. The number of nitrogens with zero attached hydrogens (tertiary/aromatic N) is 2. The van der Waals surface area contributed by atoms with Crippen molar-refractivity contribution in [1.29, 1.82) is 0 Å². The maximum absolute atomic E-state index is 11.7. The number of nitrogens with two attached hydrogens (primary N) is 1. The average molecular weight is 236 g/mol. The van der Waals surface area contributed by atoms with Gasteiger partial charge in [-0.3, -0.25) is 4.79 Å². The highest BCUT2D eigenvalue weighted by atomic mass is 16.6. The summed E-state index contributed by atoms with van der Waals surface area (Å²) in [6, 6.07) is 0. The lowest BCUT2D eigenvalue weighted by atomic mass is 9.89. The fraction of sp³-hybridized carbons (Fsp3) is 0.727. The number of carbonyl (C=O) groups excluding carboxylic acids is 1. The molecule has 2 saturated carbocycles. The molecule has 1 heterocycles. The van der Waals surface area contributed by atoms with Crippen LogP contribution in [0.1, 0.15) is 36.2 Å². The molecule has 92 valence electrons. The Hall–Kier alpha value is -1.59. The van der Waals surface area contributed by atoms with Gasteiger partial charge in [0.05, 0.1) is 0 Å². The first-order chi connectivity index (χ1) is 8.24. The maximum atomic E-state index is 11.7. The SMILES string of the molecule is Nc1nonc1C(=O)NCC1CC2CCC1C2. The van der Waals surface area contributed by atoms with Crippen molar-refractivity contribution >= 4 is 11.7 Å². The summed E-state index contributed by atoms with van der Waals surface area (Å²) in [7, 11) is 0. The van der Waals surface area contributed by atoms with Crippen LogP contribution in [0.2, 0.25) is 0 Å². The summed E-state index contributed by atoms with van der Waals surface area (Å²) in [5, 5.41) is 9.74. The third kappa shape index (κ3) is 1.87. The molecule has 1 aromatic heterocycles. The zero-order valence-corrected chi connectivity index (χ0v) is 9.56. The van der Waals surface area contributed by atoms with Crippen LogP contribution in [-0.4, -0.2) is 22.8 Å². The monoisotopic (exact) mass is 236 g/mol. The topological polar surface area (TPSA) is 94.0 Å². The molecule has 2 bridgehead atoms. The van der Waals surface area contributed by atoms with E-state index in [2.05, 4.69) is 20.3 Å². The minimum atomic E-state index is -0.286. The van der Waals surface area contributed by atoms with Crippen molar-refractivity contribution in [3.05, 3.63) is 5.69 Å². The van der Waals surface area contributed by atoms with Crippen molar-refractivity contribution in [3.63, 3.8) is 0 Å². The second-order valence-corrected chi connectivity index (χ2v) is 5.14. The Bertz CT molecular complexity index is 431. The van der Waals surface area contributed by atoms with Crippen molar-refractivity contribution in [2.75, 3.05) is 12.3 Å². The van der Waals surface area contributed by atoms with Crippen molar-refractivity contribution in [2.45, 2.75) is 25.7 Å². The van der Waals surface area contributed by atoms with Gasteiger partial charge in [-0.2, -0.15) is 0 Å². The highest BCUT2D eigenvalue weighted by molar-refractivity contribution is 5.95. The second-order valence-electron chi connectivity index (χ2n) is 5.14. The molecule has 1 aromatic rings. The molecular weight excluding hydrogens is 220 g/mol. The number of nitrogens with one attached hydrogen (secondary N) is 1. The van der Waals surface area contributed by atoms with Gasteiger partial charge in [-0.05, 0) is 47.3 Å². The standard InChI is InChI=1S/C11H16N4O2/c12-10-9(14-17-15-10)11(16)13-5-8-4-6-1-2-7(8)3-6/h6-8H,1-5H2,(H2,12,15)(H,13,16). The predicted molar refractivity (Wildman–Crippen MR) is 60.0 cm³/mol. The number of fused-ring (bicyclic) bond motifs is 2. The predicted octanol–water partition coefficient (Wildman–Crippen LogP) is 0.818. The van der Waals surface area contributed by atoms with Crippen LogP contribution in [0.5, 0.6) is 0 Å². The van der Waals surface area contributed by atoms with E-state index < -0.39 is 0 Å². The van der Waals surface area contributed by atoms with Crippen LogP contribution in [-0.2, 0) is 0 Å². The van der Waals surface area contributed by atoms with Crippen LogP contribution in [0, 0.1) is 17.8 Å². The largest absolute Gasteiger partial charge is 0.379 e. The molecule has 0 aromatic carbocycles. The Morgan fingerprint density at radius 2 is 2.29 bits per heavy atom. The molecule has 6 nitrogen and oxygen atoms in total. The third-order valence-corrected chi connectivity index (χ3v) is 4.14. The Balaban J connectivity index is 1.55. The number of aromatic nitrogens is 2. The van der Waals surface area contributed by atoms with Gasteiger partial charge in [-0.25, -0.2) is 4.63 Å². The Morgan fingerprint density at radius 1 is 1.41 bits per heavy atom. The number of hydrogen-bond donors (Lipinski definition) is 2. The lowest BCUT2D eigenvalue weighted by Gasteiger charge is -2.21. The van der Waals surface area contributed by atoms with E-state index in [0.717, 1.165) is 11.8 Å². The van der Waals surface area contributed by atoms with Gasteiger partial charge in [0.25, 0.3) is 5.91 Å². The van der Waals surface area contributed by atoms with E-state index in [1.54, 1.807) is 0 Å². The molecule has 0 spiro atoms. The molecule has 3 N–H and O–H groups in total. The zero-order valence-electron chi connectivity index (χ0n) is 9.56. The Kier molecular flexibility index (Phi) is 2.49. The van der Waals surface area contributed by atoms with Gasteiger partial charge in [0.1, 0.15) is 0 Å². The van der Waals surface area contributed by atoms with Gasteiger partial charge in [0, 0.05) is 6.54 Å². The summed E-state index contributed by atoms with van der Waals surface area (Å²) in [4.78, 5) is 11.7. The van der Waals surface area contributed by atoms with Crippen LogP contribution >= 0.6 is 0 Å². The highest BCUT2D eigenvalue weighted by Crippen LogP contribution is 2.47. The van der Waals surface area contributed by atoms with E-state index in [4.69, 9.17) is 5.73 Å². The summed E-state index contributed by atoms with van der Waals surface area (Å²) >= 11 is 0. The van der Waals surface area contributed by atoms with E-state index in [-0.39, 0.29) is 17.4 Å². The molecule has 0 radical (unpaired) electrons. The summed E-state index contributed by atoms with van der Waals surface area (Å²) in [5.74, 6) is 2.08. The van der Waals surface area contributed by atoms with Crippen LogP contribution in [0.25, 0.3) is 0 Å². The van der Waals surface area contributed by atoms with Gasteiger partial charge >= 0.3 is 0 Å². The lowest BCUT2D eigenvalue weighted by molar-refractivity contribution is 0.0932. The normalized spacial score (nSPS) is 30.7. The molecule has 0 aliphatic heterocycles. The van der Waals surface area contributed by atoms with Crippen LogP contribution < -0.4 is 11.1 Å². The van der Waals surface area contributed by atoms with Crippen LogP contribution in [0.3, 0.4) is 0 Å². The van der Waals surface area contributed by atoms with Gasteiger partial charge in [0.15, 0.2) is 0 Å². The highest BCUT2D eigenvalue weighted by Gasteiger charge is 2.39. The number of amides is 1. The van der Waals surface area contributed by atoms with E-state index in [1.165, 1.54) is 25.7 Å². The molecule has 2 aliphatic carbocycles. The first kappa shape index (κ1) is 10.6. The number of anilines is 1. The van der Waals surface area contributed by atoms with E-state index in [9.17, 15) is 4.79 Å². The first-order valence-electron chi connectivity index (χ1n) is 6.10. The number of hydrogen-bond acceptors (Lipinski definition) is 5. The summed E-state index contributed by atoms with van der Waals surface area (Å²) in [6.45, 7) is 0.715. The van der Waals surface area contributed by atoms with Gasteiger partial charge in [-0.15, -0.1) is 0 Å². The molecule has 3 rings (SSSR count). The van der Waals surface area contributed by atoms with Crippen molar-refractivity contribution in [1.82, 2.24) is 15.6 Å². The van der Waals surface area contributed by atoms with Crippen LogP contribution in [0.4, 0.5) is 5.82 Å². The van der Waals surface area contributed by atoms with Crippen LogP contribution in [0.15, 0.2) is 4.63 Å². The number of nitrogen functional groups attached to an aromatic ring is 1. The van der Waals surface area contributed by atoms with Gasteiger partial charge < -0.3 is 11.1 Å². The Labute approximate surface area is 98.9 Å². The van der Waals surface area contributed by atoms with Crippen molar-refractivity contribution in [3.8, 4) is 0 Å². The average Bonchev–Trinajstić information content (AvgIpc) is 3.01. The molecule has 17 heavy (non-hydrogen) atoms. The third-order valence-electron chi connectivity index (χ3n) is 4.14. The Morgan fingerprint density at radius 3 is 2.88 bits per heavy atom. The minimum absolute atomic E-state index is 0.0513. The van der Waals surface area contributed by atoms with Gasteiger partial charge in [0.2, 0.25) is 11.5 Å². The van der Waals surface area contributed by atoms with E-state index >= 15 is 0 Å². The van der Waals surface area contributed by atoms with E-state index in [1.807, 2.05) is 0 Å². The smallest absolute Gasteiger partial charge is 0.277 e. The molecule has 2 fully saturated rings.